The second-order valence-electron chi connectivity index (χ2n) is 11.1. The van der Waals surface area contributed by atoms with Gasteiger partial charge in [-0.2, -0.15) is 0 Å². The summed E-state index contributed by atoms with van der Waals surface area (Å²) >= 11 is 0. The molecule has 2 bridgehead atoms. The number of rotatable bonds is 5. The van der Waals surface area contributed by atoms with Crippen molar-refractivity contribution in [3.8, 4) is 5.75 Å². The maximum atomic E-state index is 12.9. The summed E-state index contributed by atoms with van der Waals surface area (Å²) in [7, 11) is 1.96. The van der Waals surface area contributed by atoms with E-state index in [2.05, 4.69) is 36.7 Å². The van der Waals surface area contributed by atoms with Crippen molar-refractivity contribution in [2.75, 3.05) is 26.7 Å². The van der Waals surface area contributed by atoms with Gasteiger partial charge in [-0.25, -0.2) is 0 Å². The Bertz CT molecular complexity index is 949. The number of amides is 3. The van der Waals surface area contributed by atoms with Crippen LogP contribution in [-0.2, 0) is 25.6 Å². The lowest BCUT2D eigenvalue weighted by atomic mass is 9.97. The van der Waals surface area contributed by atoms with E-state index in [1.165, 1.54) is 0 Å². The van der Waals surface area contributed by atoms with Crippen molar-refractivity contribution in [2.24, 2.45) is 5.73 Å². The highest BCUT2D eigenvalue weighted by molar-refractivity contribution is 6.06. The van der Waals surface area contributed by atoms with Crippen molar-refractivity contribution >= 4 is 24.0 Å². The number of β-amino-alcohol motifs (C(OH)–C–C–N with tert-alkyl or cyclic N) is 1. The Labute approximate surface area is 231 Å². The molecule has 6 N–H and O–H groups in total. The number of nitrogens with one attached hydrogen (secondary N) is 3. The summed E-state index contributed by atoms with van der Waals surface area (Å²) in [6.45, 7) is 7.55. The van der Waals surface area contributed by atoms with Crippen LogP contribution in [-0.4, -0.2) is 90.5 Å². The van der Waals surface area contributed by atoms with Crippen LogP contribution < -0.4 is 26.4 Å². The predicted molar refractivity (Wildman–Crippen MR) is 148 cm³/mol. The van der Waals surface area contributed by atoms with Crippen LogP contribution in [0, 0.1) is 0 Å². The zero-order chi connectivity index (χ0) is 29.0. The number of nitrogens with zero attached hydrogens (tertiary/aromatic N) is 1. The van der Waals surface area contributed by atoms with Gasteiger partial charge >= 0.3 is 0 Å². The molecule has 3 heterocycles. The van der Waals surface area contributed by atoms with Gasteiger partial charge in [0.1, 0.15) is 12.0 Å². The van der Waals surface area contributed by atoms with Gasteiger partial charge in [-0.1, -0.05) is 18.6 Å². The molecule has 3 unspecified atom stereocenters. The maximum absolute atomic E-state index is 12.9. The maximum Gasteiger partial charge on any atom is 0.252 e. The molecule has 0 radical (unpaired) electrons. The minimum absolute atomic E-state index is 0.0588. The van der Waals surface area contributed by atoms with Gasteiger partial charge in [-0.05, 0) is 77.7 Å². The van der Waals surface area contributed by atoms with Crippen molar-refractivity contribution in [3.63, 3.8) is 0 Å². The predicted octanol–water partition coefficient (Wildman–Crippen LogP) is 0.275. The van der Waals surface area contributed by atoms with Crippen molar-refractivity contribution in [2.45, 2.75) is 89.1 Å². The van der Waals surface area contributed by atoms with E-state index < -0.39 is 35.9 Å². The van der Waals surface area contributed by atoms with Gasteiger partial charge in [0.05, 0.1) is 24.8 Å². The number of piperidine rings is 1. The van der Waals surface area contributed by atoms with Gasteiger partial charge in [-0.3, -0.25) is 19.3 Å². The number of nitrogens with two attached hydrogens (primary N) is 1. The van der Waals surface area contributed by atoms with Crippen LogP contribution in [0.3, 0.4) is 0 Å². The van der Waals surface area contributed by atoms with E-state index in [-0.39, 0.29) is 25.4 Å². The first kappa shape index (κ1) is 32.2. The zero-order valence-electron chi connectivity index (χ0n) is 23.6. The molecular formula is C28H45N5O6. The van der Waals surface area contributed by atoms with Crippen LogP contribution in [0.25, 0.3) is 0 Å². The normalized spacial score (nSPS) is 24.0. The highest BCUT2D eigenvalue weighted by Crippen LogP contribution is 2.19. The number of fused-ring (bicyclic) bond motifs is 12. The average molecular weight is 548 g/mol. The van der Waals surface area contributed by atoms with Gasteiger partial charge in [-0.15, -0.1) is 0 Å². The molecule has 0 spiro atoms. The molecule has 0 aliphatic carbocycles. The average Bonchev–Trinajstić information content (AvgIpc) is 2.90. The molecule has 11 heteroatoms. The summed E-state index contributed by atoms with van der Waals surface area (Å²) in [5.41, 5.74) is 6.50. The molecule has 4 atom stereocenters. The topological polar surface area (TPSA) is 163 Å². The van der Waals surface area contributed by atoms with Crippen LogP contribution >= 0.6 is 0 Å². The van der Waals surface area contributed by atoms with Crippen molar-refractivity contribution in [3.05, 3.63) is 29.8 Å². The molecule has 218 valence electrons. The summed E-state index contributed by atoms with van der Waals surface area (Å²) in [5, 5.41) is 19.2. The third-order valence-electron chi connectivity index (χ3n) is 6.83. The fraction of sp³-hybridized carbons (Fsp3) is 0.643. The van der Waals surface area contributed by atoms with Gasteiger partial charge in [0, 0.05) is 18.5 Å². The number of aliphatic hydroxyl groups is 1. The number of likely N-dealkylation sites (tertiary alicyclic amines) is 1. The molecule has 3 aliphatic heterocycles. The molecule has 39 heavy (non-hydrogen) atoms. The minimum Gasteiger partial charge on any atom is -0.494 e. The minimum atomic E-state index is -1.56. The van der Waals surface area contributed by atoms with E-state index in [4.69, 9.17) is 10.5 Å². The van der Waals surface area contributed by atoms with Crippen LogP contribution in [0.5, 0.6) is 5.75 Å². The molecule has 4 rings (SSSR count). The number of ether oxygens (including phenoxy) is 1. The highest BCUT2D eigenvalue weighted by Gasteiger charge is 2.32. The smallest absolute Gasteiger partial charge is 0.252 e. The van der Waals surface area contributed by atoms with Crippen molar-refractivity contribution < 1.29 is 29.0 Å². The molecule has 0 saturated carbocycles. The number of primary amides is 1. The lowest BCUT2D eigenvalue weighted by molar-refractivity contribution is -0.136. The number of hydrogen-bond donors (Lipinski definition) is 5. The fourth-order valence-corrected chi connectivity index (χ4v) is 4.21. The quantitative estimate of drug-likeness (QED) is 0.259. The fourth-order valence-electron chi connectivity index (χ4n) is 4.21. The van der Waals surface area contributed by atoms with Gasteiger partial charge in [0.15, 0.2) is 6.04 Å². The summed E-state index contributed by atoms with van der Waals surface area (Å²) in [4.78, 5) is 50.3. The Balaban J connectivity index is 0.000000798. The van der Waals surface area contributed by atoms with E-state index in [0.717, 1.165) is 31.1 Å². The largest absolute Gasteiger partial charge is 0.494 e. The molecule has 11 nitrogen and oxygen atoms in total. The van der Waals surface area contributed by atoms with E-state index >= 15 is 0 Å². The molecule has 3 aliphatic rings. The molecule has 1 aromatic rings. The standard InChI is InChI=1S/C23H32N4O6.C5H13N/c24-22(31)21-23(32)25-18(19(29)13-27-10-2-1-4-16(27)14-28)12-15-6-8-17(9-7-15)33-11-3-5-20(30)26-21;1-5(2,3)6-4/h6-9,14,16,18-19,21,29H,1-5,10-13H2,(H2,24,31)(H,25,32)(H,26,30);6H,1-4H3/t16?,18-,19?,21?;/m0./s1. The number of carbonyl (C=O) groups is 4. The second kappa shape index (κ2) is 15.5. The summed E-state index contributed by atoms with van der Waals surface area (Å²) in [6, 6.07) is 4.65. The van der Waals surface area contributed by atoms with E-state index in [9.17, 15) is 24.3 Å². The Kier molecular flexibility index (Phi) is 12.8. The number of benzene rings is 1. The zero-order valence-corrected chi connectivity index (χ0v) is 23.6. The molecule has 0 aromatic heterocycles. The summed E-state index contributed by atoms with van der Waals surface area (Å²) in [6.07, 6.45) is 3.19. The molecule has 1 fully saturated rings. The monoisotopic (exact) mass is 547 g/mol. The van der Waals surface area contributed by atoms with Crippen LogP contribution in [0.4, 0.5) is 0 Å². The molecule has 1 saturated heterocycles. The van der Waals surface area contributed by atoms with Gasteiger partial charge in [0.25, 0.3) is 5.91 Å². The molecule has 3 amide bonds. The Morgan fingerprint density at radius 1 is 1.21 bits per heavy atom. The van der Waals surface area contributed by atoms with E-state index in [0.29, 0.717) is 30.9 Å². The Morgan fingerprint density at radius 3 is 2.46 bits per heavy atom. The highest BCUT2D eigenvalue weighted by atomic mass is 16.5. The van der Waals surface area contributed by atoms with Gasteiger partial charge < -0.3 is 36.3 Å². The Hall–Kier alpha value is -3.02. The lowest BCUT2D eigenvalue weighted by Gasteiger charge is -2.36. The van der Waals surface area contributed by atoms with Crippen molar-refractivity contribution in [1.29, 1.82) is 0 Å². The number of aldehydes is 1. The van der Waals surface area contributed by atoms with Crippen LogP contribution in [0.15, 0.2) is 24.3 Å². The first-order valence-electron chi connectivity index (χ1n) is 13.6. The summed E-state index contributed by atoms with van der Waals surface area (Å²) in [5.74, 6) is -1.63. The van der Waals surface area contributed by atoms with Crippen LogP contribution in [0.2, 0.25) is 0 Å². The third kappa shape index (κ3) is 11.3. The number of carbonyl (C=O) groups excluding carboxylic acids is 4. The Morgan fingerprint density at radius 2 is 1.87 bits per heavy atom. The van der Waals surface area contributed by atoms with E-state index in [1.54, 1.807) is 12.1 Å². The van der Waals surface area contributed by atoms with Crippen molar-refractivity contribution in [1.82, 2.24) is 20.9 Å². The van der Waals surface area contributed by atoms with Gasteiger partial charge in [0.2, 0.25) is 11.8 Å². The second-order valence-corrected chi connectivity index (χ2v) is 11.1. The van der Waals surface area contributed by atoms with E-state index in [1.807, 2.05) is 24.1 Å². The SMILES string of the molecule is CNC(C)(C)C.NC(=O)C1NC(=O)CCCOc2ccc(cc2)C[C@@H](C(O)CN2CCCCC2C=O)NC1=O. The lowest BCUT2D eigenvalue weighted by Crippen LogP contribution is -2.59. The first-order chi connectivity index (χ1) is 18.4. The first-order valence-corrected chi connectivity index (χ1v) is 13.6. The number of aliphatic hydroxyl groups excluding tert-OH is 1. The third-order valence-corrected chi connectivity index (χ3v) is 6.83. The van der Waals surface area contributed by atoms with Crippen LogP contribution in [0.1, 0.15) is 58.4 Å². The number of hydrogen-bond acceptors (Lipinski definition) is 8. The summed E-state index contributed by atoms with van der Waals surface area (Å²) < 4.78 is 5.63. The molecule has 1 aromatic carbocycles. The molecular weight excluding hydrogens is 502 g/mol.